The average Bonchev–Trinajstić information content (AvgIpc) is 2.71. The highest BCUT2D eigenvalue weighted by atomic mass is 14.9. The quantitative estimate of drug-likeness (QED) is 0.827. The molecule has 0 saturated heterocycles. The molecule has 0 spiro atoms. The molecule has 1 aromatic heterocycles. The largest absolute Gasteiger partial charge is 0.361 e. The summed E-state index contributed by atoms with van der Waals surface area (Å²) in [5.41, 5.74) is 2.85. The lowest BCUT2D eigenvalue weighted by molar-refractivity contribution is 0.285. The molecule has 1 atom stereocenters. The molecule has 2 rings (SSSR count). The van der Waals surface area contributed by atoms with Crippen LogP contribution in [0.3, 0.4) is 0 Å². The molecular weight excluding hydrogens is 208 g/mol. The highest BCUT2D eigenvalue weighted by Gasteiger charge is 2.18. The Kier molecular flexibility index (Phi) is 3.25. The minimum atomic E-state index is 0.302. The molecule has 0 amide bonds. The third kappa shape index (κ3) is 2.89. The third-order valence-electron chi connectivity index (χ3n) is 3.53. The van der Waals surface area contributed by atoms with Crippen LogP contribution in [0.2, 0.25) is 0 Å². The van der Waals surface area contributed by atoms with E-state index >= 15 is 0 Å². The predicted octanol–water partition coefficient (Wildman–Crippen LogP) is 3.69. The molecule has 0 fully saturated rings. The van der Waals surface area contributed by atoms with Crippen LogP contribution in [0.5, 0.6) is 0 Å². The first-order valence-corrected chi connectivity index (χ1v) is 6.26. The zero-order valence-corrected chi connectivity index (χ0v) is 11.2. The van der Waals surface area contributed by atoms with Gasteiger partial charge in [0, 0.05) is 24.3 Å². The summed E-state index contributed by atoms with van der Waals surface area (Å²) in [4.78, 5) is 3.25. The number of rotatable bonds is 3. The van der Waals surface area contributed by atoms with E-state index in [1.165, 1.54) is 16.5 Å². The molecule has 0 aliphatic carbocycles. The van der Waals surface area contributed by atoms with Crippen molar-refractivity contribution in [1.82, 2.24) is 10.3 Å². The van der Waals surface area contributed by atoms with Gasteiger partial charge in [-0.2, -0.15) is 0 Å². The zero-order chi connectivity index (χ0) is 12.5. The number of hydrogen-bond acceptors (Lipinski definition) is 1. The monoisotopic (exact) mass is 230 g/mol. The van der Waals surface area contributed by atoms with Gasteiger partial charge in [-0.3, -0.25) is 0 Å². The summed E-state index contributed by atoms with van der Waals surface area (Å²) < 4.78 is 0. The van der Waals surface area contributed by atoms with Crippen LogP contribution in [-0.4, -0.2) is 11.0 Å². The van der Waals surface area contributed by atoms with Gasteiger partial charge in [0.25, 0.3) is 0 Å². The van der Waals surface area contributed by atoms with Gasteiger partial charge in [-0.25, -0.2) is 0 Å². The van der Waals surface area contributed by atoms with Crippen molar-refractivity contribution in [2.45, 2.75) is 40.3 Å². The topological polar surface area (TPSA) is 27.8 Å². The first-order valence-electron chi connectivity index (χ1n) is 6.26. The molecule has 2 N–H and O–H groups in total. The van der Waals surface area contributed by atoms with Crippen molar-refractivity contribution in [3.05, 3.63) is 36.0 Å². The summed E-state index contributed by atoms with van der Waals surface area (Å²) in [5, 5.41) is 4.86. The fourth-order valence-electron chi connectivity index (χ4n) is 1.78. The Morgan fingerprint density at radius 1 is 1.24 bits per heavy atom. The number of benzene rings is 1. The lowest BCUT2D eigenvalue weighted by atomic mass is 9.88. The van der Waals surface area contributed by atoms with Crippen LogP contribution in [0.1, 0.15) is 33.3 Å². The average molecular weight is 230 g/mol. The highest BCUT2D eigenvalue weighted by Crippen LogP contribution is 2.19. The van der Waals surface area contributed by atoms with E-state index in [9.17, 15) is 0 Å². The van der Waals surface area contributed by atoms with Crippen molar-refractivity contribution >= 4 is 10.9 Å². The van der Waals surface area contributed by atoms with Crippen LogP contribution in [-0.2, 0) is 6.54 Å². The summed E-state index contributed by atoms with van der Waals surface area (Å²) in [7, 11) is 0. The van der Waals surface area contributed by atoms with Crippen molar-refractivity contribution in [2.75, 3.05) is 0 Å². The number of hydrogen-bond donors (Lipinski definition) is 2. The number of fused-ring (bicyclic) bond motifs is 1. The summed E-state index contributed by atoms with van der Waals surface area (Å²) >= 11 is 0. The van der Waals surface area contributed by atoms with Gasteiger partial charge < -0.3 is 10.3 Å². The van der Waals surface area contributed by atoms with E-state index in [1.54, 1.807) is 0 Å². The van der Waals surface area contributed by atoms with E-state index in [4.69, 9.17) is 0 Å². The van der Waals surface area contributed by atoms with Gasteiger partial charge in [0.1, 0.15) is 0 Å². The second-order valence-corrected chi connectivity index (χ2v) is 5.87. The van der Waals surface area contributed by atoms with Crippen molar-refractivity contribution in [3.63, 3.8) is 0 Å². The Labute approximate surface area is 103 Å². The lowest BCUT2D eigenvalue weighted by Crippen LogP contribution is -2.37. The minimum Gasteiger partial charge on any atom is -0.361 e. The molecule has 0 aliphatic heterocycles. The number of aromatic amines is 1. The van der Waals surface area contributed by atoms with Crippen molar-refractivity contribution in [1.29, 1.82) is 0 Å². The van der Waals surface area contributed by atoms with Gasteiger partial charge in [0.15, 0.2) is 0 Å². The van der Waals surface area contributed by atoms with Crippen LogP contribution in [0.4, 0.5) is 0 Å². The second-order valence-electron chi connectivity index (χ2n) is 5.87. The van der Waals surface area contributed by atoms with Crippen molar-refractivity contribution < 1.29 is 0 Å². The van der Waals surface area contributed by atoms with Gasteiger partial charge >= 0.3 is 0 Å². The molecular formula is C15H22N2. The maximum atomic E-state index is 3.58. The smallest absolute Gasteiger partial charge is 0.0457 e. The number of H-pyrrole nitrogens is 1. The summed E-state index contributed by atoms with van der Waals surface area (Å²) in [6.45, 7) is 9.96. The standard InChI is InChI=1S/C15H22N2/c1-11(15(2,3)4)17-10-12-5-6-13-7-8-16-14(13)9-12/h5-9,11,16-17H,10H2,1-4H3. The van der Waals surface area contributed by atoms with Crippen LogP contribution >= 0.6 is 0 Å². The van der Waals surface area contributed by atoms with Gasteiger partial charge in [-0.15, -0.1) is 0 Å². The first-order chi connectivity index (χ1) is 7.97. The molecule has 92 valence electrons. The zero-order valence-electron chi connectivity index (χ0n) is 11.2. The van der Waals surface area contributed by atoms with Gasteiger partial charge in [0.05, 0.1) is 0 Å². The van der Waals surface area contributed by atoms with Gasteiger partial charge in [-0.05, 0) is 35.4 Å². The first kappa shape index (κ1) is 12.2. The maximum absolute atomic E-state index is 3.58. The number of nitrogens with one attached hydrogen (secondary N) is 2. The summed E-state index contributed by atoms with van der Waals surface area (Å²) in [5.74, 6) is 0. The number of aromatic nitrogens is 1. The minimum absolute atomic E-state index is 0.302. The second kappa shape index (κ2) is 4.53. The van der Waals surface area contributed by atoms with E-state index < -0.39 is 0 Å². The molecule has 17 heavy (non-hydrogen) atoms. The molecule has 1 heterocycles. The molecule has 0 radical (unpaired) electrons. The highest BCUT2D eigenvalue weighted by molar-refractivity contribution is 5.79. The molecule has 2 aromatic rings. The molecule has 0 aliphatic rings. The van der Waals surface area contributed by atoms with Crippen LogP contribution < -0.4 is 5.32 Å². The fourth-order valence-corrected chi connectivity index (χ4v) is 1.78. The van der Waals surface area contributed by atoms with Crippen LogP contribution in [0.15, 0.2) is 30.5 Å². The molecule has 0 saturated carbocycles. The van der Waals surface area contributed by atoms with E-state index in [0.29, 0.717) is 11.5 Å². The van der Waals surface area contributed by atoms with Gasteiger partial charge in [0.2, 0.25) is 0 Å². The Hall–Kier alpha value is -1.28. The predicted molar refractivity (Wildman–Crippen MR) is 74.1 cm³/mol. The Balaban J connectivity index is 2.03. The SMILES string of the molecule is CC(NCc1ccc2cc[nH]c2c1)C(C)(C)C. The van der Waals surface area contributed by atoms with E-state index in [2.05, 4.69) is 62.3 Å². The van der Waals surface area contributed by atoms with Crippen molar-refractivity contribution in [3.8, 4) is 0 Å². The van der Waals surface area contributed by atoms with Gasteiger partial charge in [-0.1, -0.05) is 32.9 Å². The molecule has 1 unspecified atom stereocenters. The fraction of sp³-hybridized carbons (Fsp3) is 0.467. The Bertz CT molecular complexity index is 491. The third-order valence-corrected chi connectivity index (χ3v) is 3.53. The van der Waals surface area contributed by atoms with E-state index in [0.717, 1.165) is 6.54 Å². The van der Waals surface area contributed by atoms with Crippen LogP contribution in [0, 0.1) is 5.41 Å². The Morgan fingerprint density at radius 2 is 2.00 bits per heavy atom. The van der Waals surface area contributed by atoms with Crippen molar-refractivity contribution in [2.24, 2.45) is 5.41 Å². The van der Waals surface area contributed by atoms with E-state index in [1.807, 2.05) is 6.20 Å². The molecule has 1 aromatic carbocycles. The van der Waals surface area contributed by atoms with Crippen LogP contribution in [0.25, 0.3) is 10.9 Å². The maximum Gasteiger partial charge on any atom is 0.0457 e. The lowest BCUT2D eigenvalue weighted by Gasteiger charge is -2.28. The summed E-state index contributed by atoms with van der Waals surface area (Å²) in [6, 6.07) is 9.19. The molecule has 2 nitrogen and oxygen atoms in total. The normalized spacial score (nSPS) is 14.1. The van der Waals surface area contributed by atoms with E-state index in [-0.39, 0.29) is 0 Å². The molecule has 2 heteroatoms. The Morgan fingerprint density at radius 3 is 2.71 bits per heavy atom. The summed E-state index contributed by atoms with van der Waals surface area (Å²) in [6.07, 6.45) is 1.99. The molecule has 0 bridgehead atoms.